The number of rotatable bonds is 15. The van der Waals surface area contributed by atoms with E-state index in [0.717, 1.165) is 74.4 Å². The van der Waals surface area contributed by atoms with Crippen molar-refractivity contribution in [3.8, 4) is 5.88 Å². The number of nitrogens with zero attached hydrogens (tertiary/aromatic N) is 4. The molecule has 8 rings (SSSR count). The highest BCUT2D eigenvalue weighted by atomic mass is 19.4. The van der Waals surface area contributed by atoms with Crippen molar-refractivity contribution in [3.63, 3.8) is 0 Å². The topological polar surface area (TPSA) is 90.7 Å². The maximum atomic E-state index is 13.6. The largest absolute Gasteiger partial charge is 0.477 e. The van der Waals surface area contributed by atoms with E-state index in [2.05, 4.69) is 42.5 Å². The van der Waals surface area contributed by atoms with Crippen LogP contribution in [0.4, 0.5) is 13.2 Å². The molecule has 2 aromatic heterocycles. The summed E-state index contributed by atoms with van der Waals surface area (Å²) in [6.07, 6.45) is 1.02. The third-order valence-electron chi connectivity index (χ3n) is 12.5. The number of likely N-dealkylation sites (tertiary alicyclic amines) is 1. The van der Waals surface area contributed by atoms with Gasteiger partial charge in [0, 0.05) is 35.3 Å². The third kappa shape index (κ3) is 7.44. The highest BCUT2D eigenvalue weighted by Gasteiger charge is 2.78. The Hall–Kier alpha value is -3.22. The van der Waals surface area contributed by atoms with Crippen LogP contribution in [0.25, 0.3) is 11.0 Å². The van der Waals surface area contributed by atoms with Gasteiger partial charge in [-0.15, -0.1) is 0 Å². The molecule has 3 saturated carbocycles. The summed E-state index contributed by atoms with van der Waals surface area (Å²) >= 11 is 0. The molecule has 3 aromatic rings. The summed E-state index contributed by atoms with van der Waals surface area (Å²) in [6.45, 7) is 15.0. The van der Waals surface area contributed by atoms with Gasteiger partial charge in [-0.05, 0) is 109 Å². The van der Waals surface area contributed by atoms with E-state index in [1.165, 1.54) is 0 Å². The molecule has 4 heterocycles. The fourth-order valence-electron chi connectivity index (χ4n) is 8.30. The van der Waals surface area contributed by atoms with Crippen molar-refractivity contribution in [3.05, 3.63) is 53.5 Å². The summed E-state index contributed by atoms with van der Waals surface area (Å²) in [6, 6.07) is 11.5. The number of nitrogens with one attached hydrogen (secondary N) is 1. The molecule has 3 aliphatic carbocycles. The number of imidazole rings is 1. The highest BCUT2D eigenvalue weighted by Crippen LogP contribution is 2.78. The Morgan fingerprint density at radius 3 is 2.38 bits per heavy atom. The van der Waals surface area contributed by atoms with Crippen LogP contribution in [-0.4, -0.2) is 81.7 Å². The molecule has 52 heavy (non-hydrogen) atoms. The number of fused-ring (bicyclic) bond motifs is 1. The number of halogens is 3. The second-order valence-electron chi connectivity index (χ2n) is 16.9. The molecule has 2 bridgehead atoms. The molecule has 1 N–H and O–H groups in total. The molecular formula is C40H54F3N5O4. The first-order valence-electron chi connectivity index (χ1n) is 19.1. The number of hydrogen-bond acceptors (Lipinski definition) is 7. The van der Waals surface area contributed by atoms with Crippen molar-refractivity contribution in [2.75, 3.05) is 32.9 Å². The van der Waals surface area contributed by atoms with Crippen LogP contribution in [0.5, 0.6) is 5.88 Å². The number of amides is 1. The van der Waals surface area contributed by atoms with Gasteiger partial charge < -0.3 is 24.1 Å². The minimum atomic E-state index is -4.11. The van der Waals surface area contributed by atoms with Gasteiger partial charge in [-0.3, -0.25) is 9.69 Å². The number of ether oxygens (including phenoxy) is 3. The van der Waals surface area contributed by atoms with Gasteiger partial charge in [0.15, 0.2) is 0 Å². The van der Waals surface area contributed by atoms with Gasteiger partial charge in [-0.2, -0.15) is 13.2 Å². The first-order valence-corrected chi connectivity index (χ1v) is 19.1. The Labute approximate surface area is 305 Å². The van der Waals surface area contributed by atoms with Crippen molar-refractivity contribution < 1.29 is 32.2 Å². The maximum absolute atomic E-state index is 13.6. The summed E-state index contributed by atoms with van der Waals surface area (Å²) < 4.78 is 60.0. The molecule has 2 atom stereocenters. The van der Waals surface area contributed by atoms with Crippen LogP contribution in [0.1, 0.15) is 114 Å². The molecule has 2 unspecified atom stereocenters. The lowest BCUT2D eigenvalue weighted by Crippen LogP contribution is -2.69. The number of carbonyl (C=O) groups is 1. The van der Waals surface area contributed by atoms with Crippen LogP contribution >= 0.6 is 0 Å². The molecule has 0 spiro atoms. The van der Waals surface area contributed by atoms with Crippen LogP contribution in [0.2, 0.25) is 0 Å². The maximum Gasteiger partial charge on any atom is 0.394 e. The zero-order chi connectivity index (χ0) is 36.9. The lowest BCUT2D eigenvalue weighted by atomic mass is 9.35. The van der Waals surface area contributed by atoms with Crippen LogP contribution in [0.3, 0.4) is 0 Å². The van der Waals surface area contributed by atoms with Gasteiger partial charge in [0.25, 0.3) is 5.91 Å². The van der Waals surface area contributed by atoms with Gasteiger partial charge in [0.05, 0.1) is 60.0 Å². The third-order valence-corrected chi connectivity index (χ3v) is 12.5. The molecule has 1 aromatic carbocycles. The molecule has 5 aliphatic rings. The summed E-state index contributed by atoms with van der Waals surface area (Å²) in [7, 11) is 0. The average molecular weight is 726 g/mol. The lowest BCUT2D eigenvalue weighted by Gasteiger charge is -2.70. The summed E-state index contributed by atoms with van der Waals surface area (Å²) in [5.41, 5.74) is 0.797. The average Bonchev–Trinajstić information content (AvgIpc) is 3.39. The summed E-state index contributed by atoms with van der Waals surface area (Å²) in [5.74, 6) is 1.61. The number of carbonyl (C=O) groups excluding carboxylic acids is 1. The van der Waals surface area contributed by atoms with Crippen molar-refractivity contribution >= 4 is 16.9 Å². The van der Waals surface area contributed by atoms with Gasteiger partial charge in [-0.1, -0.05) is 19.9 Å². The van der Waals surface area contributed by atoms with E-state index in [4.69, 9.17) is 24.2 Å². The normalized spacial score (nSPS) is 26.3. The van der Waals surface area contributed by atoms with Crippen LogP contribution in [0, 0.1) is 10.8 Å². The Bertz CT molecular complexity index is 1740. The minimum Gasteiger partial charge on any atom is -0.477 e. The number of benzene rings is 1. The van der Waals surface area contributed by atoms with Crippen molar-refractivity contribution in [2.45, 2.75) is 128 Å². The predicted molar refractivity (Wildman–Crippen MR) is 192 cm³/mol. The SMILES string of the molecule is CCC(C)(COC(C)(C)CC)NC(=O)c1ccc2nc(CN3CCC(c4cccc(OCC56CC(C(F)(F)F)(C5)C6)n4)CC3)n(CC3CCO3)c2c1. The first kappa shape index (κ1) is 37.1. The molecule has 1 amide bonds. The van der Waals surface area contributed by atoms with Gasteiger partial charge >= 0.3 is 6.18 Å². The minimum absolute atomic E-state index is 0.127. The fraction of sp³-hybridized carbons (Fsp3) is 0.675. The number of alkyl halides is 3. The quantitative estimate of drug-likeness (QED) is 0.171. The zero-order valence-corrected chi connectivity index (χ0v) is 31.3. The van der Waals surface area contributed by atoms with E-state index in [-0.39, 0.29) is 48.2 Å². The standard InChI is InChI=1S/C40H54F3N5O4/c1-6-36(3,4)52-25-37(5,7-2)46-35(49)28-11-12-31-32(19-28)48(20-29-15-18-50-29)33(44-31)21-47-16-13-27(14-17-47)30-9-8-10-34(45-30)51-26-38-22-39(23-38,24-38)40(41,42)43/h8-12,19,27,29H,6-7,13-18,20-26H2,1-5H3,(H,46,49). The second kappa shape index (κ2) is 13.9. The van der Waals surface area contributed by atoms with Gasteiger partial charge in [0.2, 0.25) is 5.88 Å². The van der Waals surface area contributed by atoms with E-state index in [1.807, 2.05) is 37.3 Å². The Kier molecular flexibility index (Phi) is 9.91. The molecule has 2 saturated heterocycles. The summed E-state index contributed by atoms with van der Waals surface area (Å²) in [5, 5.41) is 3.25. The number of hydrogen-bond donors (Lipinski definition) is 1. The van der Waals surface area contributed by atoms with E-state index < -0.39 is 17.1 Å². The van der Waals surface area contributed by atoms with Crippen molar-refractivity contribution in [1.82, 2.24) is 24.8 Å². The Morgan fingerprint density at radius 2 is 1.75 bits per heavy atom. The van der Waals surface area contributed by atoms with E-state index >= 15 is 0 Å². The molecule has 12 heteroatoms. The lowest BCUT2D eigenvalue weighted by molar-refractivity contribution is -0.367. The number of aromatic nitrogens is 3. The van der Waals surface area contributed by atoms with Crippen LogP contribution in [0.15, 0.2) is 36.4 Å². The second-order valence-corrected chi connectivity index (χ2v) is 16.9. The van der Waals surface area contributed by atoms with E-state index in [0.29, 0.717) is 37.7 Å². The predicted octanol–water partition coefficient (Wildman–Crippen LogP) is 7.81. The van der Waals surface area contributed by atoms with Gasteiger partial charge in [-0.25, -0.2) is 9.97 Å². The zero-order valence-electron chi connectivity index (χ0n) is 31.3. The molecule has 2 aliphatic heterocycles. The monoisotopic (exact) mass is 725 g/mol. The highest BCUT2D eigenvalue weighted by molar-refractivity contribution is 5.98. The van der Waals surface area contributed by atoms with Crippen LogP contribution < -0.4 is 10.1 Å². The Balaban J connectivity index is 0.981. The number of piperidine rings is 1. The first-order chi connectivity index (χ1) is 24.6. The molecule has 0 radical (unpaired) electrons. The van der Waals surface area contributed by atoms with E-state index in [1.54, 1.807) is 6.07 Å². The molecular weight excluding hydrogens is 671 g/mol. The van der Waals surface area contributed by atoms with Crippen molar-refractivity contribution in [2.24, 2.45) is 10.8 Å². The molecule has 9 nitrogen and oxygen atoms in total. The van der Waals surface area contributed by atoms with Gasteiger partial charge in [0.1, 0.15) is 5.82 Å². The summed E-state index contributed by atoms with van der Waals surface area (Å²) in [4.78, 5) is 25.9. The fourth-order valence-corrected chi connectivity index (χ4v) is 8.30. The molecule has 5 fully saturated rings. The Morgan fingerprint density at radius 1 is 1.02 bits per heavy atom. The van der Waals surface area contributed by atoms with Crippen molar-refractivity contribution in [1.29, 1.82) is 0 Å². The van der Waals surface area contributed by atoms with E-state index in [9.17, 15) is 18.0 Å². The number of pyridine rings is 1. The van der Waals surface area contributed by atoms with Crippen LogP contribution in [-0.2, 0) is 22.6 Å². The molecule has 284 valence electrons. The smallest absolute Gasteiger partial charge is 0.394 e.